The first-order chi connectivity index (χ1) is 21.8. The lowest BCUT2D eigenvalue weighted by Gasteiger charge is -2.41. The molecule has 2 aromatic carbocycles. The summed E-state index contributed by atoms with van der Waals surface area (Å²) in [6.07, 6.45) is 10.5. The minimum Gasteiger partial charge on any atom is -0.397 e. The molecule has 1 atom stereocenters. The van der Waals surface area contributed by atoms with Crippen molar-refractivity contribution >= 4 is 43.6 Å². The number of anilines is 1. The largest absolute Gasteiger partial charge is 0.397 e. The number of carbonyl (C=O) groups excluding carboxylic acids is 1. The van der Waals surface area contributed by atoms with E-state index < -0.39 is 0 Å². The van der Waals surface area contributed by atoms with Crippen molar-refractivity contribution in [1.82, 2.24) is 29.6 Å². The van der Waals surface area contributed by atoms with Crippen molar-refractivity contribution < 1.29 is 4.79 Å². The van der Waals surface area contributed by atoms with E-state index in [4.69, 9.17) is 5.73 Å². The minimum absolute atomic E-state index is 0.0263. The monoisotopic (exact) mass is 741 g/mol. The van der Waals surface area contributed by atoms with Crippen molar-refractivity contribution in [3.05, 3.63) is 73.7 Å². The predicted octanol–water partition coefficient (Wildman–Crippen LogP) is 5.86. The molecule has 2 amide bonds. The number of amides is 2. The molecule has 1 unspecified atom stereocenters. The van der Waals surface area contributed by atoms with Crippen LogP contribution in [0.15, 0.2) is 62.4 Å². The third-order valence-corrected chi connectivity index (χ3v) is 11.2. The average molecular weight is 744 g/mol. The van der Waals surface area contributed by atoms with Gasteiger partial charge in [-0.15, -0.1) is 0 Å². The number of carbonyl (C=O) groups is 1. The highest BCUT2D eigenvalue weighted by atomic mass is 79.9. The standard InChI is InChI=1S/C34H45Br2N7O2/c35-29-20-24(21-30(36)32(29)37)19-26(22-40-15-9-27(10-16-40)41-13-5-2-6-14-41)38-33(44)42-17-11-28(12-18-42)43-23-31(39-34(43)45)25-7-3-1-4-8-25/h1,3-4,7-8,20-21,23,26-28H,2,5-6,9-19,22,37H2,(H,38,44)(H,39,45). The van der Waals surface area contributed by atoms with Crippen LogP contribution in [-0.2, 0) is 6.42 Å². The summed E-state index contributed by atoms with van der Waals surface area (Å²) in [6.45, 7) is 6.65. The number of rotatable bonds is 8. The smallest absolute Gasteiger partial charge is 0.326 e. The molecule has 3 fully saturated rings. The second kappa shape index (κ2) is 14.9. The molecular weight excluding hydrogens is 698 g/mol. The molecule has 4 heterocycles. The van der Waals surface area contributed by atoms with Crippen LogP contribution in [0, 0.1) is 0 Å². The number of hydrogen-bond acceptors (Lipinski definition) is 5. The van der Waals surface area contributed by atoms with Gasteiger partial charge in [-0.1, -0.05) is 36.8 Å². The number of halogens is 2. The van der Waals surface area contributed by atoms with Gasteiger partial charge < -0.3 is 30.7 Å². The summed E-state index contributed by atoms with van der Waals surface area (Å²) in [5, 5.41) is 3.40. The Morgan fingerprint density at radius 3 is 2.22 bits per heavy atom. The Morgan fingerprint density at radius 2 is 1.56 bits per heavy atom. The lowest BCUT2D eigenvalue weighted by atomic mass is 9.98. The number of benzene rings is 2. The van der Waals surface area contributed by atoms with Crippen molar-refractivity contribution in [3.63, 3.8) is 0 Å². The van der Waals surface area contributed by atoms with Crippen LogP contribution in [0.1, 0.15) is 56.6 Å². The molecule has 4 N–H and O–H groups in total. The fourth-order valence-corrected chi connectivity index (χ4v) is 8.60. The number of piperidine rings is 3. The second-order valence-corrected chi connectivity index (χ2v) is 14.6. The van der Waals surface area contributed by atoms with Gasteiger partial charge in [-0.25, -0.2) is 9.59 Å². The summed E-state index contributed by atoms with van der Waals surface area (Å²) in [4.78, 5) is 36.6. The lowest BCUT2D eigenvalue weighted by molar-refractivity contribution is 0.0876. The Balaban J connectivity index is 1.08. The molecule has 242 valence electrons. The first-order valence-corrected chi connectivity index (χ1v) is 18.0. The van der Waals surface area contributed by atoms with Gasteiger partial charge >= 0.3 is 11.7 Å². The van der Waals surface area contributed by atoms with Crippen molar-refractivity contribution in [3.8, 4) is 11.3 Å². The van der Waals surface area contributed by atoms with Gasteiger partial charge in [0.15, 0.2) is 0 Å². The van der Waals surface area contributed by atoms with E-state index in [1.54, 1.807) is 0 Å². The topological polar surface area (TPSA) is 103 Å². The summed E-state index contributed by atoms with van der Waals surface area (Å²) < 4.78 is 3.53. The van der Waals surface area contributed by atoms with Crippen molar-refractivity contribution in [2.24, 2.45) is 0 Å². The van der Waals surface area contributed by atoms with Crippen molar-refractivity contribution in [1.29, 1.82) is 0 Å². The maximum atomic E-state index is 13.7. The zero-order chi connectivity index (χ0) is 31.3. The zero-order valence-corrected chi connectivity index (χ0v) is 29.1. The maximum Gasteiger partial charge on any atom is 0.326 e. The van der Waals surface area contributed by atoms with Crippen molar-refractivity contribution in [2.45, 2.75) is 69.5 Å². The Morgan fingerprint density at radius 1 is 0.911 bits per heavy atom. The van der Waals surface area contributed by atoms with E-state index in [1.165, 1.54) is 45.2 Å². The third kappa shape index (κ3) is 8.04. The highest BCUT2D eigenvalue weighted by Crippen LogP contribution is 2.31. The SMILES string of the molecule is Nc1c(Br)cc(CC(CN2CCC(N3CCCCC3)CC2)NC(=O)N2CCC(n3cc(-c4ccccc4)[nH]c3=O)CC2)cc1Br. The number of hydrogen-bond donors (Lipinski definition) is 3. The van der Waals surface area contributed by atoms with Crippen LogP contribution in [0.2, 0.25) is 0 Å². The highest BCUT2D eigenvalue weighted by Gasteiger charge is 2.30. The molecule has 3 aliphatic rings. The summed E-state index contributed by atoms with van der Waals surface area (Å²) in [6, 6.07) is 14.7. The molecule has 0 spiro atoms. The molecule has 45 heavy (non-hydrogen) atoms. The number of nitrogens with zero attached hydrogens (tertiary/aromatic N) is 4. The Kier molecular flexibility index (Phi) is 10.7. The van der Waals surface area contributed by atoms with E-state index in [0.717, 1.165) is 58.2 Å². The average Bonchev–Trinajstić information content (AvgIpc) is 3.46. The van der Waals surface area contributed by atoms with E-state index in [0.29, 0.717) is 31.2 Å². The number of nitrogen functional groups attached to an aromatic ring is 1. The first-order valence-electron chi connectivity index (χ1n) is 16.5. The molecule has 0 saturated carbocycles. The Labute approximate surface area is 282 Å². The molecule has 3 aromatic rings. The minimum atomic E-state index is -0.0957. The number of H-pyrrole nitrogens is 1. The fraction of sp³-hybridized carbons (Fsp3) is 0.529. The van der Waals surface area contributed by atoms with Gasteiger partial charge in [0.2, 0.25) is 0 Å². The zero-order valence-electron chi connectivity index (χ0n) is 25.9. The van der Waals surface area contributed by atoms with Crippen molar-refractivity contribution in [2.75, 3.05) is 51.5 Å². The molecule has 3 aliphatic heterocycles. The van der Waals surface area contributed by atoms with Crippen LogP contribution in [0.4, 0.5) is 10.5 Å². The Hall–Kier alpha value is -2.60. The van der Waals surface area contributed by atoms with Gasteiger partial charge in [-0.2, -0.15) is 0 Å². The molecule has 3 saturated heterocycles. The summed E-state index contributed by atoms with van der Waals surface area (Å²) in [5.41, 5.74) is 9.69. The van der Waals surface area contributed by atoms with Crippen LogP contribution >= 0.6 is 31.9 Å². The van der Waals surface area contributed by atoms with Crippen LogP contribution in [-0.4, -0.2) is 88.2 Å². The summed E-state index contributed by atoms with van der Waals surface area (Å²) in [5.74, 6) is 0. The van der Waals surface area contributed by atoms with Gasteiger partial charge in [0.05, 0.1) is 11.4 Å². The van der Waals surface area contributed by atoms with Gasteiger partial charge in [0.1, 0.15) is 0 Å². The molecule has 11 heteroatoms. The van der Waals surface area contributed by atoms with Crippen LogP contribution in [0.3, 0.4) is 0 Å². The number of imidazole rings is 1. The molecule has 1 aromatic heterocycles. The van der Waals surface area contributed by atoms with E-state index in [1.807, 2.05) is 46.0 Å². The van der Waals surface area contributed by atoms with Crippen LogP contribution in [0.5, 0.6) is 0 Å². The normalized spacial score (nSPS) is 19.9. The second-order valence-electron chi connectivity index (χ2n) is 12.9. The number of nitrogens with one attached hydrogen (secondary N) is 2. The summed E-state index contributed by atoms with van der Waals surface area (Å²) in [7, 11) is 0. The van der Waals surface area contributed by atoms with E-state index in [-0.39, 0.29) is 23.8 Å². The van der Waals surface area contributed by atoms with E-state index >= 15 is 0 Å². The van der Waals surface area contributed by atoms with Gasteiger partial charge in [-0.05, 0) is 126 Å². The fourth-order valence-electron chi connectivity index (χ4n) is 7.32. The number of urea groups is 1. The quantitative estimate of drug-likeness (QED) is 0.251. The third-order valence-electron chi connectivity index (χ3n) is 9.87. The van der Waals surface area contributed by atoms with Gasteiger partial charge in [0.25, 0.3) is 0 Å². The van der Waals surface area contributed by atoms with E-state index in [2.05, 4.69) is 64.1 Å². The van der Waals surface area contributed by atoms with Gasteiger partial charge in [-0.3, -0.25) is 4.57 Å². The number of likely N-dealkylation sites (tertiary alicyclic amines) is 3. The molecular formula is C34H45Br2N7O2. The molecule has 0 aliphatic carbocycles. The van der Waals surface area contributed by atoms with Gasteiger partial charge in [0, 0.05) is 52.9 Å². The molecule has 6 rings (SSSR count). The Bertz CT molecular complexity index is 1460. The highest BCUT2D eigenvalue weighted by molar-refractivity contribution is 9.11. The number of nitrogens with two attached hydrogens (primary N) is 1. The maximum absolute atomic E-state index is 13.7. The molecule has 9 nitrogen and oxygen atoms in total. The summed E-state index contributed by atoms with van der Waals surface area (Å²) >= 11 is 7.19. The van der Waals surface area contributed by atoms with Crippen LogP contribution in [0.25, 0.3) is 11.3 Å². The van der Waals surface area contributed by atoms with E-state index in [9.17, 15) is 9.59 Å². The first kappa shape index (κ1) is 32.3. The number of aromatic amines is 1. The van der Waals surface area contributed by atoms with Crippen LogP contribution < -0.4 is 16.7 Å². The molecule has 0 radical (unpaired) electrons. The predicted molar refractivity (Wildman–Crippen MR) is 187 cm³/mol. The molecule has 0 bridgehead atoms. The lowest BCUT2D eigenvalue weighted by Crippen LogP contribution is -2.54. The number of aromatic nitrogens is 2.